The normalized spacial score (nSPS) is 29.3. The maximum absolute atomic E-state index is 12.9. The molecule has 4 atom stereocenters. The van der Waals surface area contributed by atoms with Crippen molar-refractivity contribution in [3.05, 3.63) is 60.2 Å². The van der Waals surface area contributed by atoms with E-state index in [2.05, 4.69) is 0 Å². The molecule has 2 saturated carbocycles. The Balaban J connectivity index is 1.47. The van der Waals surface area contributed by atoms with Crippen molar-refractivity contribution in [2.24, 2.45) is 23.2 Å². The van der Waals surface area contributed by atoms with E-state index in [1.165, 1.54) is 0 Å². The highest BCUT2D eigenvalue weighted by Gasteiger charge is 2.75. The van der Waals surface area contributed by atoms with Crippen LogP contribution >= 0.6 is 0 Å². The van der Waals surface area contributed by atoms with Crippen LogP contribution in [0.5, 0.6) is 11.5 Å². The summed E-state index contributed by atoms with van der Waals surface area (Å²) >= 11 is 0. The molecular weight excluding hydrogens is 328 g/mol. The third kappa shape index (κ3) is 2.61. The van der Waals surface area contributed by atoms with Gasteiger partial charge < -0.3 is 9.84 Å². The van der Waals surface area contributed by atoms with E-state index in [1.807, 2.05) is 61.5 Å². The van der Waals surface area contributed by atoms with Crippen LogP contribution < -0.4 is 4.74 Å². The maximum Gasteiger partial charge on any atom is 0.307 e. The van der Waals surface area contributed by atoms with Crippen LogP contribution in [0.4, 0.5) is 0 Å². The molecule has 2 aromatic rings. The lowest BCUT2D eigenvalue weighted by molar-refractivity contribution is -0.142. The number of para-hydroxylation sites is 1. The molecule has 4 rings (SSSR count). The number of hydrogen-bond donors (Lipinski definition) is 1. The fourth-order valence-corrected chi connectivity index (χ4v) is 4.86. The second-order valence-corrected chi connectivity index (χ2v) is 7.38. The summed E-state index contributed by atoms with van der Waals surface area (Å²) in [4.78, 5) is 24.3. The summed E-state index contributed by atoms with van der Waals surface area (Å²) in [6, 6.07) is 17.4. The fourth-order valence-electron chi connectivity index (χ4n) is 4.86. The number of Topliss-reactive ketones (excluding diaryl/α,β-unsaturated/α-hetero) is 1. The van der Waals surface area contributed by atoms with E-state index in [0.717, 1.165) is 17.1 Å². The topological polar surface area (TPSA) is 63.6 Å². The Morgan fingerprint density at radius 3 is 2.54 bits per heavy atom. The lowest BCUT2D eigenvalue weighted by Crippen LogP contribution is -2.26. The van der Waals surface area contributed by atoms with E-state index in [0.29, 0.717) is 19.3 Å². The summed E-state index contributed by atoms with van der Waals surface area (Å²) in [6.07, 6.45) is 1.96. The number of ether oxygens (including phenoxy) is 1. The Labute approximate surface area is 152 Å². The largest absolute Gasteiger partial charge is 0.481 e. The lowest BCUT2D eigenvalue weighted by Gasteiger charge is -2.17. The van der Waals surface area contributed by atoms with Gasteiger partial charge in [-0.2, -0.15) is 0 Å². The van der Waals surface area contributed by atoms with Crippen molar-refractivity contribution in [3.8, 4) is 11.5 Å². The summed E-state index contributed by atoms with van der Waals surface area (Å²) in [7, 11) is 0. The first-order valence-corrected chi connectivity index (χ1v) is 9.15. The molecule has 0 radical (unpaired) electrons. The molecule has 2 fully saturated rings. The SMILES string of the molecule is CCC12C(=O)C(Cc3cccc(Oc4ccccc4)c3)CC1C2C(=O)O. The maximum atomic E-state index is 12.9. The summed E-state index contributed by atoms with van der Waals surface area (Å²) in [5, 5.41) is 9.36. The van der Waals surface area contributed by atoms with Crippen LogP contribution in [0.25, 0.3) is 0 Å². The minimum Gasteiger partial charge on any atom is -0.481 e. The third-order valence-corrected chi connectivity index (χ3v) is 6.09. The average molecular weight is 350 g/mol. The van der Waals surface area contributed by atoms with E-state index in [1.54, 1.807) is 0 Å². The van der Waals surface area contributed by atoms with Gasteiger partial charge in [0.2, 0.25) is 0 Å². The molecule has 4 unspecified atom stereocenters. The van der Waals surface area contributed by atoms with E-state index in [4.69, 9.17) is 4.74 Å². The highest BCUT2D eigenvalue weighted by atomic mass is 16.5. The number of carbonyl (C=O) groups is 2. The molecule has 26 heavy (non-hydrogen) atoms. The second-order valence-electron chi connectivity index (χ2n) is 7.38. The molecule has 4 heteroatoms. The molecule has 0 amide bonds. The van der Waals surface area contributed by atoms with Crippen LogP contribution in [0.15, 0.2) is 54.6 Å². The van der Waals surface area contributed by atoms with E-state index in [9.17, 15) is 14.7 Å². The predicted molar refractivity (Wildman–Crippen MR) is 97.1 cm³/mol. The van der Waals surface area contributed by atoms with Gasteiger partial charge in [-0.15, -0.1) is 0 Å². The average Bonchev–Trinajstić information content (AvgIpc) is 3.22. The molecule has 0 aliphatic heterocycles. The molecule has 4 nitrogen and oxygen atoms in total. The van der Waals surface area contributed by atoms with Gasteiger partial charge in [0.25, 0.3) is 0 Å². The molecular formula is C22H22O4. The van der Waals surface area contributed by atoms with Crippen LogP contribution in [0, 0.1) is 23.2 Å². The molecule has 0 saturated heterocycles. The summed E-state index contributed by atoms with van der Waals surface area (Å²) < 4.78 is 5.87. The highest BCUT2D eigenvalue weighted by Crippen LogP contribution is 2.69. The molecule has 134 valence electrons. The van der Waals surface area contributed by atoms with Gasteiger partial charge in [0, 0.05) is 11.3 Å². The second kappa shape index (κ2) is 6.27. The Bertz CT molecular complexity index is 844. The zero-order valence-corrected chi connectivity index (χ0v) is 14.7. The van der Waals surface area contributed by atoms with Crippen LogP contribution in [-0.4, -0.2) is 16.9 Å². The minimum absolute atomic E-state index is 0.0197. The summed E-state index contributed by atoms with van der Waals surface area (Å²) in [5.74, 6) is 0.321. The number of carboxylic acid groups (broad SMARTS) is 1. The van der Waals surface area contributed by atoms with E-state index < -0.39 is 17.3 Å². The van der Waals surface area contributed by atoms with Gasteiger partial charge in [0.05, 0.1) is 5.92 Å². The smallest absolute Gasteiger partial charge is 0.307 e. The van der Waals surface area contributed by atoms with Crippen molar-refractivity contribution in [2.75, 3.05) is 0 Å². The van der Waals surface area contributed by atoms with Crippen LogP contribution in [0.1, 0.15) is 25.3 Å². The first-order chi connectivity index (χ1) is 12.6. The Kier molecular flexibility index (Phi) is 4.06. The molecule has 0 heterocycles. The predicted octanol–water partition coefficient (Wildman–Crippen LogP) is 4.34. The first-order valence-electron chi connectivity index (χ1n) is 9.15. The summed E-state index contributed by atoms with van der Waals surface area (Å²) in [5.41, 5.74) is 0.450. The van der Waals surface area contributed by atoms with E-state index in [-0.39, 0.29) is 17.6 Å². The van der Waals surface area contributed by atoms with E-state index >= 15 is 0 Å². The quantitative estimate of drug-likeness (QED) is 0.842. The van der Waals surface area contributed by atoms with Gasteiger partial charge in [-0.05, 0) is 55.0 Å². The molecule has 0 spiro atoms. The van der Waals surface area contributed by atoms with Crippen molar-refractivity contribution in [1.82, 2.24) is 0 Å². The van der Waals surface area contributed by atoms with Gasteiger partial charge in [0.15, 0.2) is 0 Å². The van der Waals surface area contributed by atoms with Crippen molar-refractivity contribution >= 4 is 11.8 Å². The molecule has 0 aromatic heterocycles. The number of hydrogen-bond acceptors (Lipinski definition) is 3. The van der Waals surface area contributed by atoms with Crippen molar-refractivity contribution < 1.29 is 19.4 Å². The fraction of sp³-hybridized carbons (Fsp3) is 0.364. The molecule has 2 aliphatic carbocycles. The Morgan fingerprint density at radius 1 is 1.15 bits per heavy atom. The van der Waals surface area contributed by atoms with Gasteiger partial charge in [0.1, 0.15) is 17.3 Å². The standard InChI is InChI=1S/C22H22O4/c1-2-22-18(19(22)21(24)25)13-15(20(22)23)11-14-7-6-10-17(12-14)26-16-8-4-3-5-9-16/h3-10,12,15,18-19H,2,11,13H2,1H3,(H,24,25). The van der Waals surface area contributed by atoms with Crippen molar-refractivity contribution in [3.63, 3.8) is 0 Å². The molecule has 2 aliphatic rings. The van der Waals surface area contributed by atoms with Crippen molar-refractivity contribution in [1.29, 1.82) is 0 Å². The number of ketones is 1. The zero-order chi connectivity index (χ0) is 18.3. The number of aliphatic carboxylic acids is 1. The zero-order valence-electron chi connectivity index (χ0n) is 14.7. The highest BCUT2D eigenvalue weighted by molar-refractivity contribution is 5.99. The minimum atomic E-state index is -0.818. The van der Waals surface area contributed by atoms with Crippen LogP contribution in [-0.2, 0) is 16.0 Å². The Morgan fingerprint density at radius 2 is 1.88 bits per heavy atom. The van der Waals surface area contributed by atoms with Crippen LogP contribution in [0.2, 0.25) is 0 Å². The third-order valence-electron chi connectivity index (χ3n) is 6.09. The number of benzene rings is 2. The monoisotopic (exact) mass is 350 g/mol. The number of rotatable bonds is 6. The molecule has 0 bridgehead atoms. The van der Waals surface area contributed by atoms with Crippen LogP contribution in [0.3, 0.4) is 0 Å². The van der Waals surface area contributed by atoms with Crippen molar-refractivity contribution in [2.45, 2.75) is 26.2 Å². The number of carbonyl (C=O) groups excluding carboxylic acids is 1. The molecule has 1 N–H and O–H groups in total. The Hall–Kier alpha value is -2.62. The van der Waals surface area contributed by atoms with Gasteiger partial charge >= 0.3 is 5.97 Å². The number of carboxylic acids is 1. The van der Waals surface area contributed by atoms with Gasteiger partial charge in [-0.3, -0.25) is 9.59 Å². The van der Waals surface area contributed by atoms with Gasteiger partial charge in [-0.25, -0.2) is 0 Å². The first kappa shape index (κ1) is 16.8. The number of fused-ring (bicyclic) bond motifs is 1. The van der Waals surface area contributed by atoms with Gasteiger partial charge in [-0.1, -0.05) is 37.3 Å². The molecule has 2 aromatic carbocycles. The summed E-state index contributed by atoms with van der Waals surface area (Å²) in [6.45, 7) is 1.94. The lowest BCUT2D eigenvalue weighted by atomic mass is 9.86.